The quantitative estimate of drug-likeness (QED) is 0.514. The summed E-state index contributed by atoms with van der Waals surface area (Å²) in [5.74, 6) is 0. The van der Waals surface area contributed by atoms with E-state index in [0.717, 1.165) is 12.8 Å². The molecule has 20 heavy (non-hydrogen) atoms. The van der Waals surface area contributed by atoms with Crippen LogP contribution in [0.2, 0.25) is 0 Å². The maximum absolute atomic E-state index is 2.30. The van der Waals surface area contributed by atoms with Crippen LogP contribution in [-0.2, 0) is 12.8 Å². The molecule has 0 saturated heterocycles. The van der Waals surface area contributed by atoms with Crippen molar-refractivity contribution in [1.29, 1.82) is 0 Å². The van der Waals surface area contributed by atoms with Crippen molar-refractivity contribution >= 4 is 21.5 Å². The Hall–Kier alpha value is -1.82. The van der Waals surface area contributed by atoms with Gasteiger partial charge < -0.3 is 0 Å². The Morgan fingerprint density at radius 2 is 0.850 bits per heavy atom. The summed E-state index contributed by atoms with van der Waals surface area (Å²) in [6, 6.07) is 17.9. The molecule has 0 unspecified atom stereocenters. The minimum Gasteiger partial charge on any atom is -0.0651 e. The van der Waals surface area contributed by atoms with E-state index in [9.17, 15) is 0 Å². The first kappa shape index (κ1) is 13.2. The summed E-state index contributed by atoms with van der Waals surface area (Å²) in [7, 11) is 0. The lowest BCUT2D eigenvalue weighted by Crippen LogP contribution is -1.95. The molecule has 0 aromatic heterocycles. The molecule has 0 aliphatic rings. The van der Waals surface area contributed by atoms with E-state index in [1.807, 2.05) is 0 Å². The van der Waals surface area contributed by atoms with Crippen LogP contribution < -0.4 is 0 Å². The fourth-order valence-corrected chi connectivity index (χ4v) is 3.35. The Morgan fingerprint density at radius 1 is 0.550 bits per heavy atom. The number of rotatable bonds is 4. The van der Waals surface area contributed by atoms with Gasteiger partial charge in [-0.2, -0.15) is 0 Å². The average molecular weight is 262 g/mol. The third kappa shape index (κ3) is 2.10. The smallest absolute Gasteiger partial charge is 0.0143 e. The van der Waals surface area contributed by atoms with E-state index < -0.39 is 0 Å². The number of fused-ring (bicyclic) bond motifs is 2. The van der Waals surface area contributed by atoms with Crippen molar-refractivity contribution in [2.75, 3.05) is 0 Å². The van der Waals surface area contributed by atoms with Gasteiger partial charge in [0, 0.05) is 0 Å². The highest BCUT2D eigenvalue weighted by atomic mass is 14.2. The standard InChI is InChI=1S/C20H22/c1-3-9-15-17-11-5-7-13-19(17)16(10-4-2)20-14-8-6-12-18(15)20/h5-8,11-14H,3-4,9-10H2,1-2H3. The molecule has 3 rings (SSSR count). The largest absolute Gasteiger partial charge is 0.0651 e. The van der Waals surface area contributed by atoms with Crippen LogP contribution in [0.15, 0.2) is 48.5 Å². The van der Waals surface area contributed by atoms with E-state index in [4.69, 9.17) is 0 Å². The molecule has 0 nitrogen and oxygen atoms in total. The second-order valence-corrected chi connectivity index (χ2v) is 5.55. The molecule has 0 aliphatic heterocycles. The molecule has 3 aromatic rings. The minimum atomic E-state index is 1.16. The average Bonchev–Trinajstić information content (AvgIpc) is 2.50. The monoisotopic (exact) mass is 262 g/mol. The van der Waals surface area contributed by atoms with Gasteiger partial charge in [-0.3, -0.25) is 0 Å². The van der Waals surface area contributed by atoms with Crippen molar-refractivity contribution < 1.29 is 0 Å². The molecule has 0 spiro atoms. The van der Waals surface area contributed by atoms with Crippen molar-refractivity contribution in [1.82, 2.24) is 0 Å². The van der Waals surface area contributed by atoms with Crippen molar-refractivity contribution in [3.05, 3.63) is 59.7 Å². The van der Waals surface area contributed by atoms with Crippen molar-refractivity contribution in [2.24, 2.45) is 0 Å². The van der Waals surface area contributed by atoms with Gasteiger partial charge in [-0.15, -0.1) is 0 Å². The predicted molar refractivity (Wildman–Crippen MR) is 89.4 cm³/mol. The summed E-state index contributed by atoms with van der Waals surface area (Å²) < 4.78 is 0. The molecular weight excluding hydrogens is 240 g/mol. The van der Waals surface area contributed by atoms with Gasteiger partial charge in [-0.1, -0.05) is 75.2 Å². The van der Waals surface area contributed by atoms with Crippen molar-refractivity contribution in [3.63, 3.8) is 0 Å². The molecule has 0 heteroatoms. The van der Waals surface area contributed by atoms with Crippen LogP contribution in [0.25, 0.3) is 21.5 Å². The lowest BCUT2D eigenvalue weighted by molar-refractivity contribution is 0.927. The fraction of sp³-hybridized carbons (Fsp3) is 0.300. The summed E-state index contributed by atoms with van der Waals surface area (Å²) >= 11 is 0. The minimum absolute atomic E-state index is 1.16. The highest BCUT2D eigenvalue weighted by Gasteiger charge is 2.11. The topological polar surface area (TPSA) is 0 Å². The molecular formula is C20H22. The van der Waals surface area contributed by atoms with Crippen molar-refractivity contribution in [3.8, 4) is 0 Å². The summed E-state index contributed by atoms with van der Waals surface area (Å²) in [5, 5.41) is 5.82. The molecule has 102 valence electrons. The predicted octanol–water partition coefficient (Wildman–Crippen LogP) is 5.90. The third-order valence-corrected chi connectivity index (χ3v) is 4.15. The molecule has 0 aliphatic carbocycles. The summed E-state index contributed by atoms with van der Waals surface area (Å²) in [5.41, 5.74) is 3.05. The van der Waals surface area contributed by atoms with E-state index in [-0.39, 0.29) is 0 Å². The molecule has 3 aromatic carbocycles. The van der Waals surface area contributed by atoms with Gasteiger partial charge in [-0.25, -0.2) is 0 Å². The molecule has 0 N–H and O–H groups in total. The summed E-state index contributed by atoms with van der Waals surface area (Å²) in [6.07, 6.45) is 4.71. The van der Waals surface area contributed by atoms with E-state index in [1.54, 1.807) is 0 Å². The first-order chi connectivity index (χ1) is 9.86. The second-order valence-electron chi connectivity index (χ2n) is 5.55. The van der Waals surface area contributed by atoms with Gasteiger partial charge in [0.05, 0.1) is 0 Å². The normalized spacial score (nSPS) is 11.3. The lowest BCUT2D eigenvalue weighted by atomic mass is 9.88. The van der Waals surface area contributed by atoms with Gasteiger partial charge in [0.15, 0.2) is 0 Å². The van der Waals surface area contributed by atoms with E-state index in [2.05, 4.69) is 62.4 Å². The number of hydrogen-bond acceptors (Lipinski definition) is 0. The van der Waals surface area contributed by atoms with Crippen LogP contribution in [0.4, 0.5) is 0 Å². The maximum Gasteiger partial charge on any atom is -0.0143 e. The Labute approximate surface area is 121 Å². The van der Waals surface area contributed by atoms with E-state index in [1.165, 1.54) is 45.5 Å². The highest BCUT2D eigenvalue weighted by Crippen LogP contribution is 2.34. The molecule has 0 radical (unpaired) electrons. The van der Waals surface area contributed by atoms with Crippen LogP contribution in [0.1, 0.15) is 37.8 Å². The highest BCUT2D eigenvalue weighted by molar-refractivity contribution is 6.05. The molecule has 0 fully saturated rings. The molecule has 0 amide bonds. The van der Waals surface area contributed by atoms with E-state index in [0.29, 0.717) is 0 Å². The first-order valence-corrected chi connectivity index (χ1v) is 7.78. The lowest BCUT2D eigenvalue weighted by Gasteiger charge is -2.16. The number of hydrogen-bond donors (Lipinski definition) is 0. The van der Waals surface area contributed by atoms with Gasteiger partial charge in [0.1, 0.15) is 0 Å². The zero-order chi connectivity index (χ0) is 13.9. The van der Waals surface area contributed by atoms with Crippen LogP contribution >= 0.6 is 0 Å². The molecule has 0 heterocycles. The Kier molecular flexibility index (Phi) is 3.73. The first-order valence-electron chi connectivity index (χ1n) is 7.78. The van der Waals surface area contributed by atoms with Crippen LogP contribution in [0.3, 0.4) is 0 Å². The SMILES string of the molecule is CCCc1c2ccccc2c(CCC)c2ccccc12. The zero-order valence-corrected chi connectivity index (χ0v) is 12.4. The van der Waals surface area contributed by atoms with Crippen molar-refractivity contribution in [2.45, 2.75) is 39.5 Å². The summed E-state index contributed by atoms with van der Waals surface area (Å²) in [6.45, 7) is 4.53. The second kappa shape index (κ2) is 5.66. The fourth-order valence-electron chi connectivity index (χ4n) is 3.35. The third-order valence-electron chi connectivity index (χ3n) is 4.15. The number of benzene rings is 3. The molecule has 0 saturated carbocycles. The van der Waals surface area contributed by atoms with Gasteiger partial charge in [0.25, 0.3) is 0 Å². The number of aryl methyl sites for hydroxylation is 2. The van der Waals surface area contributed by atoms with E-state index >= 15 is 0 Å². The van der Waals surface area contributed by atoms with Gasteiger partial charge in [-0.05, 0) is 45.5 Å². The Bertz CT molecular complexity index is 616. The maximum atomic E-state index is 2.30. The van der Waals surface area contributed by atoms with Gasteiger partial charge >= 0.3 is 0 Å². The van der Waals surface area contributed by atoms with Gasteiger partial charge in [0.2, 0.25) is 0 Å². The van der Waals surface area contributed by atoms with Crippen LogP contribution in [0, 0.1) is 0 Å². The Morgan fingerprint density at radius 3 is 1.10 bits per heavy atom. The van der Waals surface area contributed by atoms with Crippen LogP contribution in [0.5, 0.6) is 0 Å². The zero-order valence-electron chi connectivity index (χ0n) is 12.4. The summed E-state index contributed by atoms with van der Waals surface area (Å²) in [4.78, 5) is 0. The van der Waals surface area contributed by atoms with Crippen LogP contribution in [-0.4, -0.2) is 0 Å². The molecule has 0 atom stereocenters. The Balaban J connectivity index is 2.47. The molecule has 0 bridgehead atoms.